The molecule has 0 bridgehead atoms. The number of nitrogens with one attached hydrogen (secondary N) is 1. The summed E-state index contributed by atoms with van der Waals surface area (Å²) in [4.78, 5) is 31.3. The third kappa shape index (κ3) is 4.00. The minimum atomic E-state index is -0.717. The first kappa shape index (κ1) is 15.9. The van der Waals surface area contributed by atoms with Crippen molar-refractivity contribution < 1.29 is 19.4 Å². The molecule has 2 rings (SSSR count). The number of carbonyl (C=O) groups excluding carboxylic acids is 1. The highest BCUT2D eigenvalue weighted by molar-refractivity contribution is 5.73. The zero-order valence-corrected chi connectivity index (χ0v) is 11.9. The third-order valence-electron chi connectivity index (χ3n) is 2.76. The van der Waals surface area contributed by atoms with E-state index in [0.717, 1.165) is 12.1 Å². The third-order valence-corrected chi connectivity index (χ3v) is 2.76. The van der Waals surface area contributed by atoms with Crippen LogP contribution in [0.15, 0.2) is 42.5 Å². The number of nitro groups is 2. The van der Waals surface area contributed by atoms with Gasteiger partial charge in [0.15, 0.2) is 0 Å². The van der Waals surface area contributed by atoms with E-state index in [0.29, 0.717) is 5.69 Å². The highest BCUT2D eigenvalue weighted by Crippen LogP contribution is 2.32. The first-order valence-electron chi connectivity index (χ1n) is 6.35. The lowest BCUT2D eigenvalue weighted by atomic mass is 10.2. The number of esters is 1. The lowest BCUT2D eigenvalue weighted by Gasteiger charge is -2.08. The van der Waals surface area contributed by atoms with E-state index >= 15 is 0 Å². The SMILES string of the molecule is CC(=O)Oc1cccc(Nc2ccc([N+](=O)[O-])cc2[N+](=O)[O-])c1. The zero-order chi connectivity index (χ0) is 17.0. The quantitative estimate of drug-likeness (QED) is 0.388. The summed E-state index contributed by atoms with van der Waals surface area (Å²) < 4.78 is 4.92. The van der Waals surface area contributed by atoms with Crippen molar-refractivity contribution in [1.29, 1.82) is 0 Å². The van der Waals surface area contributed by atoms with Gasteiger partial charge in [-0.25, -0.2) is 0 Å². The largest absolute Gasteiger partial charge is 0.427 e. The number of carbonyl (C=O) groups is 1. The van der Waals surface area contributed by atoms with Crippen LogP contribution in [0.25, 0.3) is 0 Å². The van der Waals surface area contributed by atoms with Crippen LogP contribution in [0.2, 0.25) is 0 Å². The maximum absolute atomic E-state index is 11.1. The molecule has 0 amide bonds. The number of ether oxygens (including phenoxy) is 1. The van der Waals surface area contributed by atoms with Crippen molar-refractivity contribution in [2.45, 2.75) is 6.92 Å². The van der Waals surface area contributed by atoms with Crippen molar-refractivity contribution >= 4 is 28.7 Å². The van der Waals surface area contributed by atoms with E-state index in [4.69, 9.17) is 4.74 Å². The number of hydrogen-bond acceptors (Lipinski definition) is 7. The molecule has 0 atom stereocenters. The van der Waals surface area contributed by atoms with Crippen LogP contribution in [0.3, 0.4) is 0 Å². The minimum Gasteiger partial charge on any atom is -0.427 e. The average Bonchev–Trinajstić information content (AvgIpc) is 2.46. The fourth-order valence-electron chi connectivity index (χ4n) is 1.85. The van der Waals surface area contributed by atoms with Crippen molar-refractivity contribution in [3.05, 3.63) is 62.7 Å². The molecule has 0 radical (unpaired) electrons. The van der Waals surface area contributed by atoms with Gasteiger partial charge in [-0.2, -0.15) is 0 Å². The van der Waals surface area contributed by atoms with E-state index < -0.39 is 21.5 Å². The summed E-state index contributed by atoms with van der Waals surface area (Å²) in [5.74, 6) is -0.226. The molecule has 2 aromatic rings. The van der Waals surface area contributed by atoms with Crippen LogP contribution in [-0.2, 0) is 4.79 Å². The number of hydrogen-bond donors (Lipinski definition) is 1. The van der Waals surface area contributed by atoms with Crippen LogP contribution in [0, 0.1) is 20.2 Å². The summed E-state index contributed by atoms with van der Waals surface area (Å²) in [6, 6.07) is 9.51. The molecule has 0 fully saturated rings. The maximum Gasteiger partial charge on any atom is 0.308 e. The molecule has 0 heterocycles. The molecule has 9 heteroatoms. The molecule has 0 aliphatic rings. The Hall–Kier alpha value is -3.49. The predicted octanol–water partition coefficient (Wildman–Crippen LogP) is 3.17. The molecule has 23 heavy (non-hydrogen) atoms. The Kier molecular flexibility index (Phi) is 4.50. The fourth-order valence-corrected chi connectivity index (χ4v) is 1.85. The summed E-state index contributed by atoms with van der Waals surface area (Å²) in [6.07, 6.45) is 0. The van der Waals surface area contributed by atoms with Crippen molar-refractivity contribution in [2.75, 3.05) is 5.32 Å². The van der Waals surface area contributed by atoms with Crippen molar-refractivity contribution in [1.82, 2.24) is 0 Å². The lowest BCUT2D eigenvalue weighted by Crippen LogP contribution is -2.02. The normalized spacial score (nSPS) is 9.96. The van der Waals surface area contributed by atoms with Crippen molar-refractivity contribution in [2.24, 2.45) is 0 Å². The van der Waals surface area contributed by atoms with Gasteiger partial charge in [-0.05, 0) is 18.2 Å². The highest BCUT2D eigenvalue weighted by atomic mass is 16.6. The lowest BCUT2D eigenvalue weighted by molar-refractivity contribution is -0.393. The van der Waals surface area contributed by atoms with E-state index in [-0.39, 0.29) is 17.1 Å². The number of rotatable bonds is 5. The molecule has 0 spiro atoms. The summed E-state index contributed by atoms with van der Waals surface area (Å²) in [6.45, 7) is 1.25. The van der Waals surface area contributed by atoms with Gasteiger partial charge in [0.2, 0.25) is 0 Å². The number of nitrogens with zero attached hydrogens (tertiary/aromatic N) is 2. The predicted molar refractivity (Wildman–Crippen MR) is 80.8 cm³/mol. The van der Waals surface area contributed by atoms with Gasteiger partial charge in [0, 0.05) is 24.7 Å². The van der Waals surface area contributed by atoms with Gasteiger partial charge >= 0.3 is 5.97 Å². The molecule has 0 aliphatic heterocycles. The maximum atomic E-state index is 11.1. The molecule has 2 aromatic carbocycles. The van der Waals surface area contributed by atoms with Gasteiger partial charge in [-0.1, -0.05) is 6.07 Å². The zero-order valence-electron chi connectivity index (χ0n) is 11.9. The molecule has 0 aromatic heterocycles. The van der Waals surface area contributed by atoms with Crippen molar-refractivity contribution in [3.63, 3.8) is 0 Å². The Morgan fingerprint density at radius 3 is 2.43 bits per heavy atom. The number of non-ortho nitro benzene ring substituents is 1. The highest BCUT2D eigenvalue weighted by Gasteiger charge is 2.19. The van der Waals surface area contributed by atoms with Gasteiger partial charge in [-0.15, -0.1) is 0 Å². The summed E-state index contributed by atoms with van der Waals surface area (Å²) in [5.41, 5.74) is -0.297. The van der Waals surface area contributed by atoms with E-state index in [1.54, 1.807) is 18.2 Å². The molecular formula is C14H11N3O6. The van der Waals surface area contributed by atoms with E-state index in [1.165, 1.54) is 19.1 Å². The summed E-state index contributed by atoms with van der Waals surface area (Å²) in [7, 11) is 0. The van der Waals surface area contributed by atoms with E-state index in [1.807, 2.05) is 0 Å². The van der Waals surface area contributed by atoms with Gasteiger partial charge in [0.1, 0.15) is 11.4 Å². The average molecular weight is 317 g/mol. The molecule has 9 nitrogen and oxygen atoms in total. The first-order chi connectivity index (χ1) is 10.9. The van der Waals surface area contributed by atoms with Crippen LogP contribution in [0.1, 0.15) is 6.92 Å². The van der Waals surface area contributed by atoms with Crippen LogP contribution in [0.5, 0.6) is 5.75 Å². The Morgan fingerprint density at radius 1 is 1.09 bits per heavy atom. The van der Waals surface area contributed by atoms with E-state index in [9.17, 15) is 25.0 Å². The Morgan fingerprint density at radius 2 is 1.83 bits per heavy atom. The number of anilines is 2. The molecular weight excluding hydrogens is 306 g/mol. The first-order valence-corrected chi connectivity index (χ1v) is 6.35. The monoisotopic (exact) mass is 317 g/mol. The van der Waals surface area contributed by atoms with Crippen LogP contribution >= 0.6 is 0 Å². The van der Waals surface area contributed by atoms with Gasteiger partial charge in [-0.3, -0.25) is 25.0 Å². The number of benzene rings is 2. The van der Waals surface area contributed by atoms with Gasteiger partial charge < -0.3 is 10.1 Å². The second kappa shape index (κ2) is 6.52. The smallest absolute Gasteiger partial charge is 0.308 e. The topological polar surface area (TPSA) is 125 Å². The molecule has 1 N–H and O–H groups in total. The Bertz CT molecular complexity index is 790. The second-order valence-electron chi connectivity index (χ2n) is 4.46. The van der Waals surface area contributed by atoms with Crippen LogP contribution in [-0.4, -0.2) is 15.8 Å². The molecule has 0 saturated heterocycles. The van der Waals surface area contributed by atoms with Crippen LogP contribution in [0.4, 0.5) is 22.7 Å². The molecule has 118 valence electrons. The summed E-state index contributed by atoms with van der Waals surface area (Å²) >= 11 is 0. The van der Waals surface area contributed by atoms with Crippen LogP contribution < -0.4 is 10.1 Å². The minimum absolute atomic E-state index is 0.0839. The van der Waals surface area contributed by atoms with Gasteiger partial charge in [0.25, 0.3) is 11.4 Å². The molecule has 0 saturated carbocycles. The fraction of sp³-hybridized carbons (Fsp3) is 0.0714. The number of nitro benzene ring substituents is 2. The molecule has 0 unspecified atom stereocenters. The molecule has 0 aliphatic carbocycles. The van der Waals surface area contributed by atoms with Crippen molar-refractivity contribution in [3.8, 4) is 5.75 Å². The Labute approximate surface area is 129 Å². The second-order valence-corrected chi connectivity index (χ2v) is 4.46. The standard InChI is InChI=1S/C14H11N3O6/c1-9(18)23-12-4-2-3-10(7-12)15-13-6-5-11(16(19)20)8-14(13)17(21)22/h2-8,15H,1H3. The van der Waals surface area contributed by atoms with E-state index in [2.05, 4.69) is 5.32 Å². The van der Waals surface area contributed by atoms with Gasteiger partial charge in [0.05, 0.1) is 15.9 Å². The summed E-state index contributed by atoms with van der Waals surface area (Å²) in [5, 5.41) is 24.6. The Balaban J connectivity index is 2.34.